The van der Waals surface area contributed by atoms with Crippen LogP contribution in [0.3, 0.4) is 0 Å². The molecule has 0 saturated carbocycles. The summed E-state index contributed by atoms with van der Waals surface area (Å²) in [7, 11) is 0. The fraction of sp³-hybridized carbons (Fsp3) is 0.632. The van der Waals surface area contributed by atoms with Gasteiger partial charge in [-0.1, -0.05) is 17.7 Å². The van der Waals surface area contributed by atoms with E-state index in [2.05, 4.69) is 45.1 Å². The lowest BCUT2D eigenvalue weighted by atomic mass is 9.94. The van der Waals surface area contributed by atoms with E-state index in [4.69, 9.17) is 4.74 Å². The van der Waals surface area contributed by atoms with Gasteiger partial charge in [-0.2, -0.15) is 0 Å². The van der Waals surface area contributed by atoms with E-state index in [0.29, 0.717) is 19.1 Å². The Balaban J connectivity index is 1.90. The molecule has 0 aromatic heterocycles. The third-order valence-corrected chi connectivity index (χ3v) is 4.19. The van der Waals surface area contributed by atoms with Gasteiger partial charge in [0, 0.05) is 25.2 Å². The number of rotatable bonds is 3. The van der Waals surface area contributed by atoms with Gasteiger partial charge in [0.25, 0.3) is 0 Å². The molecule has 1 fully saturated rings. The largest absolute Gasteiger partial charge is 0.444 e. The van der Waals surface area contributed by atoms with Gasteiger partial charge in [0.05, 0.1) is 0 Å². The second-order valence-corrected chi connectivity index (χ2v) is 7.78. The van der Waals surface area contributed by atoms with E-state index in [0.717, 1.165) is 0 Å². The molecule has 23 heavy (non-hydrogen) atoms. The molecule has 2 rings (SSSR count). The summed E-state index contributed by atoms with van der Waals surface area (Å²) in [6.45, 7) is 15.8. The van der Waals surface area contributed by atoms with Crippen molar-refractivity contribution in [2.75, 3.05) is 13.1 Å². The lowest BCUT2D eigenvalue weighted by molar-refractivity contribution is 0.00432. The van der Waals surface area contributed by atoms with Crippen LogP contribution in [0.5, 0.6) is 0 Å². The summed E-state index contributed by atoms with van der Waals surface area (Å²) in [5.74, 6) is 0. The Morgan fingerprint density at radius 2 is 1.74 bits per heavy atom. The van der Waals surface area contributed by atoms with Crippen molar-refractivity contribution in [1.82, 2.24) is 10.2 Å². The predicted octanol–water partition coefficient (Wildman–Crippen LogP) is 3.88. The highest BCUT2D eigenvalue weighted by molar-refractivity contribution is 5.69. The van der Waals surface area contributed by atoms with Crippen LogP contribution in [0, 0.1) is 20.8 Å². The molecule has 128 valence electrons. The van der Waals surface area contributed by atoms with E-state index >= 15 is 0 Å². The summed E-state index contributed by atoms with van der Waals surface area (Å²) in [6.07, 6.45) is -0.217. The van der Waals surface area contributed by atoms with Gasteiger partial charge >= 0.3 is 6.09 Å². The second-order valence-electron chi connectivity index (χ2n) is 7.78. The van der Waals surface area contributed by atoms with E-state index in [1.54, 1.807) is 4.90 Å². The fourth-order valence-electron chi connectivity index (χ4n) is 3.37. The van der Waals surface area contributed by atoms with Crippen LogP contribution < -0.4 is 5.32 Å². The number of ether oxygens (including phenoxy) is 1. The van der Waals surface area contributed by atoms with Crippen LogP contribution in [-0.4, -0.2) is 35.7 Å². The number of nitrogens with one attached hydrogen (secondary N) is 1. The average Bonchev–Trinajstić information content (AvgIpc) is 2.29. The summed E-state index contributed by atoms with van der Waals surface area (Å²) < 4.78 is 5.39. The van der Waals surface area contributed by atoms with Gasteiger partial charge in [-0.15, -0.1) is 0 Å². The van der Waals surface area contributed by atoms with E-state index in [-0.39, 0.29) is 12.1 Å². The summed E-state index contributed by atoms with van der Waals surface area (Å²) >= 11 is 0. The zero-order valence-electron chi connectivity index (χ0n) is 15.5. The van der Waals surface area contributed by atoms with Gasteiger partial charge in [0.2, 0.25) is 0 Å². The maximum Gasteiger partial charge on any atom is 0.410 e. The van der Waals surface area contributed by atoms with Crippen molar-refractivity contribution in [3.8, 4) is 0 Å². The smallest absolute Gasteiger partial charge is 0.410 e. The number of hydrogen-bond acceptors (Lipinski definition) is 3. The maximum absolute atomic E-state index is 12.0. The third kappa shape index (κ3) is 4.47. The molecule has 1 N–H and O–H groups in total. The zero-order chi connectivity index (χ0) is 17.4. The molecule has 1 heterocycles. The molecule has 4 nitrogen and oxygen atoms in total. The quantitative estimate of drug-likeness (QED) is 0.919. The number of nitrogens with zero attached hydrogens (tertiary/aromatic N) is 1. The van der Waals surface area contributed by atoms with Crippen molar-refractivity contribution in [3.63, 3.8) is 0 Å². The Morgan fingerprint density at radius 1 is 1.22 bits per heavy atom. The van der Waals surface area contributed by atoms with Gasteiger partial charge in [-0.3, -0.25) is 0 Å². The van der Waals surface area contributed by atoms with Gasteiger partial charge in [-0.05, 0) is 65.2 Å². The Hall–Kier alpha value is -1.55. The minimum absolute atomic E-state index is 0.217. The standard InChI is InChI=1S/C19H30N2O2/c1-12-8-13(2)17(14(3)9-12)15(4)20-16-10-21(11-16)18(22)23-19(5,6)7/h8-9,15-16,20H,10-11H2,1-7H3. The number of aryl methyl sites for hydroxylation is 3. The van der Waals surface area contributed by atoms with Gasteiger partial charge < -0.3 is 15.0 Å². The SMILES string of the molecule is Cc1cc(C)c(C(C)NC2CN(C(=O)OC(C)(C)C)C2)c(C)c1. The number of hydrogen-bond donors (Lipinski definition) is 1. The predicted molar refractivity (Wildman–Crippen MR) is 93.8 cm³/mol. The van der Waals surface area contributed by atoms with Gasteiger partial charge in [0.1, 0.15) is 5.60 Å². The Morgan fingerprint density at radius 3 is 2.22 bits per heavy atom. The van der Waals surface area contributed by atoms with Gasteiger partial charge in [0.15, 0.2) is 0 Å². The molecule has 0 bridgehead atoms. The first kappa shape index (κ1) is 17.8. The zero-order valence-corrected chi connectivity index (χ0v) is 15.5. The van der Waals surface area contributed by atoms with Crippen LogP contribution in [0.4, 0.5) is 4.79 Å². The van der Waals surface area contributed by atoms with Crippen LogP contribution in [0.1, 0.15) is 56.0 Å². The van der Waals surface area contributed by atoms with Crippen molar-refractivity contribution in [1.29, 1.82) is 0 Å². The maximum atomic E-state index is 12.0. The molecule has 0 spiro atoms. The van der Waals surface area contributed by atoms with Crippen LogP contribution >= 0.6 is 0 Å². The first-order valence-corrected chi connectivity index (χ1v) is 8.38. The fourth-order valence-corrected chi connectivity index (χ4v) is 3.37. The number of amides is 1. The lowest BCUT2D eigenvalue weighted by Gasteiger charge is -2.41. The summed E-state index contributed by atoms with van der Waals surface area (Å²) in [5.41, 5.74) is 4.89. The number of carbonyl (C=O) groups is 1. The molecule has 1 saturated heterocycles. The molecule has 1 atom stereocenters. The Kier molecular flexibility index (Phi) is 5.04. The summed E-state index contributed by atoms with van der Waals surface area (Å²) in [4.78, 5) is 13.7. The molecule has 0 aliphatic carbocycles. The minimum atomic E-state index is -0.432. The highest BCUT2D eigenvalue weighted by Gasteiger charge is 2.34. The summed E-state index contributed by atoms with van der Waals surface area (Å²) in [5, 5.41) is 3.63. The van der Waals surface area contributed by atoms with Crippen molar-refractivity contribution in [3.05, 3.63) is 34.4 Å². The first-order chi connectivity index (χ1) is 10.6. The van der Waals surface area contributed by atoms with E-state index in [1.165, 1.54) is 22.3 Å². The topological polar surface area (TPSA) is 41.6 Å². The van der Waals surface area contributed by atoms with Gasteiger partial charge in [-0.25, -0.2) is 4.79 Å². The van der Waals surface area contributed by atoms with Crippen LogP contribution in [0.2, 0.25) is 0 Å². The number of likely N-dealkylation sites (tertiary alicyclic amines) is 1. The van der Waals surface area contributed by atoms with E-state index < -0.39 is 5.60 Å². The van der Waals surface area contributed by atoms with Crippen molar-refractivity contribution in [2.45, 2.75) is 66.2 Å². The molecule has 1 aromatic rings. The van der Waals surface area contributed by atoms with Crippen LogP contribution in [0.15, 0.2) is 12.1 Å². The second kappa shape index (κ2) is 6.52. The highest BCUT2D eigenvalue weighted by Crippen LogP contribution is 2.25. The monoisotopic (exact) mass is 318 g/mol. The number of carbonyl (C=O) groups excluding carboxylic acids is 1. The van der Waals surface area contributed by atoms with Crippen LogP contribution in [0.25, 0.3) is 0 Å². The molecule has 1 aliphatic heterocycles. The van der Waals surface area contributed by atoms with E-state index in [9.17, 15) is 4.79 Å². The highest BCUT2D eigenvalue weighted by atomic mass is 16.6. The molecular weight excluding hydrogens is 288 g/mol. The molecule has 1 unspecified atom stereocenters. The van der Waals surface area contributed by atoms with Crippen molar-refractivity contribution >= 4 is 6.09 Å². The third-order valence-electron chi connectivity index (χ3n) is 4.19. The Labute approximate surface area is 140 Å². The summed E-state index contributed by atoms with van der Waals surface area (Å²) in [6, 6.07) is 5.07. The minimum Gasteiger partial charge on any atom is -0.444 e. The average molecular weight is 318 g/mol. The first-order valence-electron chi connectivity index (χ1n) is 8.38. The molecule has 1 aliphatic rings. The number of benzene rings is 1. The van der Waals surface area contributed by atoms with Crippen molar-refractivity contribution in [2.24, 2.45) is 0 Å². The Bertz CT molecular complexity index is 561. The normalized spacial score (nSPS) is 16.9. The molecule has 1 aromatic carbocycles. The molecule has 4 heteroatoms. The molecule has 1 amide bonds. The van der Waals surface area contributed by atoms with Crippen LogP contribution in [-0.2, 0) is 4.74 Å². The molecular formula is C19H30N2O2. The van der Waals surface area contributed by atoms with E-state index in [1.807, 2.05) is 20.8 Å². The molecule has 0 radical (unpaired) electrons. The lowest BCUT2D eigenvalue weighted by Crippen LogP contribution is -2.60. The van der Waals surface area contributed by atoms with Crippen molar-refractivity contribution < 1.29 is 9.53 Å².